The number of nitrogens with zero attached hydrogens (tertiary/aromatic N) is 6. The molecule has 1 aromatic carbocycles. The van der Waals surface area contributed by atoms with Crippen molar-refractivity contribution in [1.82, 2.24) is 35.3 Å². The predicted octanol–water partition coefficient (Wildman–Crippen LogP) is 1.66. The molecule has 0 unspecified atom stereocenters. The number of nitrogens with one attached hydrogen (secondary N) is 2. The van der Waals surface area contributed by atoms with Gasteiger partial charge in [0.25, 0.3) is 5.91 Å². The summed E-state index contributed by atoms with van der Waals surface area (Å²) in [6.45, 7) is 1.45. The third kappa shape index (κ3) is 3.40. The zero-order valence-electron chi connectivity index (χ0n) is 15.3. The molecule has 1 saturated heterocycles. The van der Waals surface area contributed by atoms with Gasteiger partial charge in [-0.2, -0.15) is 9.61 Å². The Bertz CT molecular complexity index is 1170. The van der Waals surface area contributed by atoms with Crippen molar-refractivity contribution in [1.29, 1.82) is 0 Å². The van der Waals surface area contributed by atoms with Gasteiger partial charge in [-0.1, -0.05) is 0 Å². The quantitative estimate of drug-likeness (QED) is 0.547. The molecule has 1 atom stereocenters. The van der Waals surface area contributed by atoms with Crippen LogP contribution < -0.4 is 10.2 Å². The Morgan fingerprint density at radius 2 is 2.07 bits per heavy atom. The number of hydrogen-bond donors (Lipinski definition) is 2. The summed E-state index contributed by atoms with van der Waals surface area (Å²) in [5.41, 5.74) is 2.39. The maximum atomic E-state index is 13.1. The molecule has 1 fully saturated rings. The Morgan fingerprint density at radius 3 is 2.93 bits per heavy atom. The van der Waals surface area contributed by atoms with Gasteiger partial charge in [0, 0.05) is 24.7 Å². The molecule has 146 valence electrons. The number of fused-ring (bicyclic) bond motifs is 1. The van der Waals surface area contributed by atoms with Gasteiger partial charge in [-0.25, -0.2) is 4.39 Å². The third-order valence-corrected chi connectivity index (χ3v) is 4.96. The Hall–Kier alpha value is -3.82. The minimum atomic E-state index is -0.314. The van der Waals surface area contributed by atoms with Gasteiger partial charge in [-0.05, 0) is 48.9 Å². The van der Waals surface area contributed by atoms with E-state index >= 15 is 0 Å². The molecule has 9 nitrogen and oxygen atoms in total. The van der Waals surface area contributed by atoms with Crippen LogP contribution in [0.1, 0.15) is 16.9 Å². The van der Waals surface area contributed by atoms with Gasteiger partial charge >= 0.3 is 0 Å². The average molecular weight is 392 g/mol. The Morgan fingerprint density at radius 1 is 1.21 bits per heavy atom. The number of H-pyrrole nitrogens is 1. The molecule has 4 aromatic rings. The summed E-state index contributed by atoms with van der Waals surface area (Å²) >= 11 is 0. The third-order valence-electron chi connectivity index (χ3n) is 4.96. The fourth-order valence-electron chi connectivity index (χ4n) is 3.44. The van der Waals surface area contributed by atoms with Crippen LogP contribution in [0.4, 0.5) is 10.2 Å². The zero-order valence-corrected chi connectivity index (χ0v) is 15.3. The largest absolute Gasteiger partial charge is 0.353 e. The summed E-state index contributed by atoms with van der Waals surface area (Å²) in [6.07, 6.45) is 2.37. The van der Waals surface area contributed by atoms with E-state index in [1.54, 1.807) is 29.0 Å². The highest BCUT2D eigenvalue weighted by atomic mass is 19.1. The van der Waals surface area contributed by atoms with Gasteiger partial charge < -0.3 is 10.2 Å². The maximum absolute atomic E-state index is 13.1. The predicted molar refractivity (Wildman–Crippen MR) is 103 cm³/mol. The molecular weight excluding hydrogens is 375 g/mol. The Balaban J connectivity index is 1.24. The zero-order chi connectivity index (χ0) is 19.8. The summed E-state index contributed by atoms with van der Waals surface area (Å²) < 4.78 is 14.7. The first-order valence-electron chi connectivity index (χ1n) is 9.20. The van der Waals surface area contributed by atoms with Crippen LogP contribution in [0.3, 0.4) is 0 Å². The number of anilines is 1. The molecular formula is C19H17FN8O. The van der Waals surface area contributed by atoms with E-state index in [0.29, 0.717) is 23.6 Å². The van der Waals surface area contributed by atoms with Gasteiger partial charge in [-0.3, -0.25) is 9.89 Å². The van der Waals surface area contributed by atoms with E-state index in [4.69, 9.17) is 0 Å². The molecule has 10 heteroatoms. The Labute approximate surface area is 164 Å². The monoisotopic (exact) mass is 392 g/mol. The lowest BCUT2D eigenvalue weighted by molar-refractivity contribution is 0.0935. The SMILES string of the molecule is O=C(N[C@H]1CCN(c2ccc3nncn3n2)C1)c1cc(-c2ccc(F)cc2)n[nH]1. The molecule has 5 rings (SSSR count). The van der Waals surface area contributed by atoms with Crippen molar-refractivity contribution in [2.45, 2.75) is 12.5 Å². The van der Waals surface area contributed by atoms with Crippen molar-refractivity contribution in [2.24, 2.45) is 0 Å². The molecule has 1 aliphatic heterocycles. The molecule has 0 aliphatic carbocycles. The number of carbonyl (C=O) groups is 1. The fourth-order valence-corrected chi connectivity index (χ4v) is 3.44. The van der Waals surface area contributed by atoms with Crippen molar-refractivity contribution in [3.8, 4) is 11.3 Å². The van der Waals surface area contributed by atoms with Crippen LogP contribution in [-0.2, 0) is 0 Å². The number of aromatic nitrogens is 6. The molecule has 0 saturated carbocycles. The number of amides is 1. The maximum Gasteiger partial charge on any atom is 0.269 e. The smallest absolute Gasteiger partial charge is 0.269 e. The second-order valence-corrected chi connectivity index (χ2v) is 6.90. The molecule has 1 aliphatic rings. The van der Waals surface area contributed by atoms with Crippen LogP contribution in [0.25, 0.3) is 16.9 Å². The topological polar surface area (TPSA) is 104 Å². The van der Waals surface area contributed by atoms with E-state index in [1.165, 1.54) is 12.1 Å². The van der Waals surface area contributed by atoms with Crippen LogP contribution >= 0.6 is 0 Å². The van der Waals surface area contributed by atoms with E-state index in [2.05, 4.69) is 35.7 Å². The number of rotatable bonds is 4. The molecule has 2 N–H and O–H groups in total. The van der Waals surface area contributed by atoms with E-state index in [1.807, 2.05) is 12.1 Å². The van der Waals surface area contributed by atoms with Crippen molar-refractivity contribution in [3.63, 3.8) is 0 Å². The Kier molecular flexibility index (Phi) is 4.15. The van der Waals surface area contributed by atoms with E-state index in [0.717, 1.165) is 24.3 Å². The number of benzene rings is 1. The van der Waals surface area contributed by atoms with Crippen LogP contribution in [0.15, 0.2) is 48.8 Å². The summed E-state index contributed by atoms with van der Waals surface area (Å²) in [6, 6.07) is 11.4. The van der Waals surface area contributed by atoms with Gasteiger partial charge in [0.1, 0.15) is 23.7 Å². The highest BCUT2D eigenvalue weighted by Crippen LogP contribution is 2.20. The second kappa shape index (κ2) is 6.97. The molecule has 4 heterocycles. The molecule has 0 radical (unpaired) electrons. The molecule has 3 aromatic heterocycles. The summed E-state index contributed by atoms with van der Waals surface area (Å²) in [7, 11) is 0. The first-order chi connectivity index (χ1) is 14.2. The van der Waals surface area contributed by atoms with E-state index in [9.17, 15) is 9.18 Å². The minimum absolute atomic E-state index is 0.00141. The van der Waals surface area contributed by atoms with Crippen LogP contribution in [0.5, 0.6) is 0 Å². The number of carbonyl (C=O) groups excluding carboxylic acids is 1. The lowest BCUT2D eigenvalue weighted by atomic mass is 10.1. The molecule has 0 spiro atoms. The van der Waals surface area contributed by atoms with Crippen LogP contribution in [-0.4, -0.2) is 55.0 Å². The molecule has 1 amide bonds. The van der Waals surface area contributed by atoms with Crippen molar-refractivity contribution >= 4 is 17.4 Å². The standard InChI is InChI=1S/C19H17FN8O/c20-13-3-1-12(2-4-13)15-9-16(24-23-15)19(29)22-14-7-8-27(10-14)18-6-5-17-25-21-11-28(17)26-18/h1-6,9,11,14H,7-8,10H2,(H,22,29)(H,23,24)/t14-/m0/s1. The molecule has 0 bridgehead atoms. The summed E-state index contributed by atoms with van der Waals surface area (Å²) in [4.78, 5) is 14.7. The highest BCUT2D eigenvalue weighted by molar-refractivity contribution is 5.93. The fraction of sp³-hybridized carbons (Fsp3) is 0.211. The van der Waals surface area contributed by atoms with Crippen molar-refractivity contribution in [2.75, 3.05) is 18.0 Å². The van der Waals surface area contributed by atoms with Crippen molar-refractivity contribution < 1.29 is 9.18 Å². The summed E-state index contributed by atoms with van der Waals surface area (Å²) in [5.74, 6) is 0.278. The van der Waals surface area contributed by atoms with Gasteiger partial charge in [0.2, 0.25) is 0 Å². The first kappa shape index (κ1) is 17.3. The first-order valence-corrected chi connectivity index (χ1v) is 9.20. The lowest BCUT2D eigenvalue weighted by Crippen LogP contribution is -2.37. The van der Waals surface area contributed by atoms with E-state index in [-0.39, 0.29) is 17.8 Å². The minimum Gasteiger partial charge on any atom is -0.353 e. The second-order valence-electron chi connectivity index (χ2n) is 6.90. The van der Waals surface area contributed by atoms with Crippen LogP contribution in [0, 0.1) is 5.82 Å². The van der Waals surface area contributed by atoms with Crippen LogP contribution in [0.2, 0.25) is 0 Å². The van der Waals surface area contributed by atoms with Gasteiger partial charge in [-0.15, -0.1) is 15.3 Å². The van der Waals surface area contributed by atoms with Gasteiger partial charge in [0.05, 0.1) is 5.69 Å². The number of halogens is 1. The van der Waals surface area contributed by atoms with Crippen molar-refractivity contribution in [3.05, 3.63) is 60.3 Å². The lowest BCUT2D eigenvalue weighted by Gasteiger charge is -2.17. The number of hydrogen-bond acceptors (Lipinski definition) is 6. The summed E-state index contributed by atoms with van der Waals surface area (Å²) in [5, 5.41) is 22.2. The normalized spacial score (nSPS) is 16.4. The highest BCUT2D eigenvalue weighted by Gasteiger charge is 2.26. The average Bonchev–Trinajstić information content (AvgIpc) is 3.48. The number of aromatic amines is 1. The van der Waals surface area contributed by atoms with E-state index < -0.39 is 0 Å². The van der Waals surface area contributed by atoms with Gasteiger partial charge in [0.15, 0.2) is 5.65 Å². The molecule has 29 heavy (non-hydrogen) atoms.